The Morgan fingerprint density at radius 3 is 1.19 bits per heavy atom. The van der Waals surface area contributed by atoms with Crippen LogP contribution >= 0.6 is 7.82 Å². The van der Waals surface area contributed by atoms with E-state index >= 15 is 0 Å². The van der Waals surface area contributed by atoms with Gasteiger partial charge in [0.25, 0.3) is 0 Å². The standard InChI is InChI=1S/2C9H16O2.H3O4P/c2*1-3-4-5-6-7-8(2)9(10)11;1-5(2,3)4/h2*7H,3-6H2,1-2H3,(H,10,11);(H3,1,2,3,4). The normalized spacial score (nSPS) is 11.7. The molecule has 0 aliphatic rings. The number of unbranched alkanes of at least 4 members (excludes halogenated alkanes) is 6. The summed E-state index contributed by atoms with van der Waals surface area (Å²) in [5.41, 5.74) is 0.919. The van der Waals surface area contributed by atoms with Gasteiger partial charge in [-0.2, -0.15) is 0 Å². The lowest BCUT2D eigenvalue weighted by atomic mass is 10.1. The van der Waals surface area contributed by atoms with Gasteiger partial charge in [-0.3, -0.25) is 0 Å². The minimum Gasteiger partial charge on any atom is -0.478 e. The Balaban J connectivity index is -0.000000344. The average molecular weight is 410 g/mol. The van der Waals surface area contributed by atoms with Crippen LogP contribution in [0, 0.1) is 0 Å². The molecule has 0 radical (unpaired) electrons. The number of hydrogen-bond acceptors (Lipinski definition) is 3. The second-order valence-corrected chi connectivity index (χ2v) is 6.92. The van der Waals surface area contributed by atoms with E-state index in [9.17, 15) is 9.59 Å². The third-order valence-electron chi connectivity index (χ3n) is 3.19. The third kappa shape index (κ3) is 36.3. The number of allylic oxidation sites excluding steroid dienone is 2. The molecule has 5 N–H and O–H groups in total. The summed E-state index contributed by atoms with van der Waals surface area (Å²) < 4.78 is 8.88. The Kier molecular flexibility index (Phi) is 21.6. The minimum atomic E-state index is -4.64. The van der Waals surface area contributed by atoms with Crippen molar-refractivity contribution in [3.63, 3.8) is 0 Å². The molecular formula is C18H35O8P. The molecule has 0 unspecified atom stereocenters. The van der Waals surface area contributed by atoms with Crippen molar-refractivity contribution in [1.29, 1.82) is 0 Å². The zero-order valence-electron chi connectivity index (χ0n) is 16.7. The van der Waals surface area contributed by atoms with E-state index in [2.05, 4.69) is 13.8 Å². The molecule has 0 amide bonds. The van der Waals surface area contributed by atoms with Crippen LogP contribution in [0.4, 0.5) is 0 Å². The summed E-state index contributed by atoms with van der Waals surface area (Å²) in [5.74, 6) is -1.61. The fraction of sp³-hybridized carbons (Fsp3) is 0.667. The first kappa shape index (κ1) is 30.3. The lowest BCUT2D eigenvalue weighted by Crippen LogP contribution is -1.95. The summed E-state index contributed by atoms with van der Waals surface area (Å²) >= 11 is 0. The summed E-state index contributed by atoms with van der Waals surface area (Å²) in [6.45, 7) is 7.53. The lowest BCUT2D eigenvalue weighted by Gasteiger charge is -1.93. The molecule has 0 fully saturated rings. The first-order valence-electron chi connectivity index (χ1n) is 8.95. The maximum atomic E-state index is 10.3. The second kappa shape index (κ2) is 19.3. The predicted molar refractivity (Wildman–Crippen MR) is 105 cm³/mol. The summed E-state index contributed by atoms with van der Waals surface area (Å²) in [6.07, 6.45) is 12.3. The van der Waals surface area contributed by atoms with Crippen molar-refractivity contribution >= 4 is 19.8 Å². The van der Waals surface area contributed by atoms with E-state index in [0.29, 0.717) is 11.1 Å². The quantitative estimate of drug-likeness (QED) is 0.203. The molecule has 27 heavy (non-hydrogen) atoms. The van der Waals surface area contributed by atoms with E-state index in [1.54, 1.807) is 26.0 Å². The number of carboxylic acids is 2. The molecule has 8 nitrogen and oxygen atoms in total. The van der Waals surface area contributed by atoms with E-state index in [4.69, 9.17) is 29.5 Å². The lowest BCUT2D eigenvalue weighted by molar-refractivity contribution is -0.133. The van der Waals surface area contributed by atoms with E-state index in [1.165, 1.54) is 25.7 Å². The zero-order valence-corrected chi connectivity index (χ0v) is 17.6. The molecule has 0 rings (SSSR count). The molecular weight excluding hydrogens is 375 g/mol. The Labute approximate surface area is 161 Å². The van der Waals surface area contributed by atoms with Crippen LogP contribution < -0.4 is 0 Å². The molecule has 0 heterocycles. The van der Waals surface area contributed by atoms with Crippen molar-refractivity contribution in [2.75, 3.05) is 0 Å². The van der Waals surface area contributed by atoms with E-state index < -0.39 is 19.8 Å². The van der Waals surface area contributed by atoms with Gasteiger partial charge >= 0.3 is 19.8 Å². The zero-order chi connectivity index (χ0) is 21.9. The Hall–Kier alpha value is -1.47. The molecule has 0 aromatic rings. The van der Waals surface area contributed by atoms with Gasteiger partial charge in [-0.1, -0.05) is 51.7 Å². The largest absolute Gasteiger partial charge is 0.478 e. The van der Waals surface area contributed by atoms with Crippen molar-refractivity contribution in [2.24, 2.45) is 0 Å². The van der Waals surface area contributed by atoms with Gasteiger partial charge in [0.2, 0.25) is 0 Å². The second-order valence-electron chi connectivity index (χ2n) is 5.89. The third-order valence-corrected chi connectivity index (χ3v) is 3.19. The monoisotopic (exact) mass is 410 g/mol. The summed E-state index contributed by atoms with van der Waals surface area (Å²) in [5, 5.41) is 16.9. The number of rotatable bonds is 10. The predicted octanol–water partition coefficient (Wildman–Crippen LogP) is 4.27. The fourth-order valence-electron chi connectivity index (χ4n) is 1.60. The summed E-state index contributed by atoms with van der Waals surface area (Å²) in [6, 6.07) is 0. The molecule has 160 valence electrons. The summed E-state index contributed by atoms with van der Waals surface area (Å²) in [7, 11) is -4.64. The topological polar surface area (TPSA) is 152 Å². The van der Waals surface area contributed by atoms with Crippen molar-refractivity contribution in [1.82, 2.24) is 0 Å². The SMILES string of the molecule is CCCCCC=C(C)C(=O)O.CCCCCC=C(C)C(=O)O.O=P(O)(O)O. The maximum Gasteiger partial charge on any atom is 0.466 e. The van der Waals surface area contributed by atoms with Gasteiger partial charge in [0.05, 0.1) is 0 Å². The van der Waals surface area contributed by atoms with Crippen LogP contribution in [0.2, 0.25) is 0 Å². The van der Waals surface area contributed by atoms with E-state index in [0.717, 1.165) is 25.7 Å². The molecule has 0 atom stereocenters. The fourth-order valence-corrected chi connectivity index (χ4v) is 1.60. The highest BCUT2D eigenvalue weighted by Gasteiger charge is 2.00. The smallest absolute Gasteiger partial charge is 0.466 e. The Bertz CT molecular complexity index is 461. The maximum absolute atomic E-state index is 10.3. The van der Waals surface area contributed by atoms with Crippen LogP contribution in [0.3, 0.4) is 0 Å². The van der Waals surface area contributed by atoms with Gasteiger partial charge in [0.15, 0.2) is 0 Å². The number of phosphoric acid groups is 1. The van der Waals surface area contributed by atoms with Gasteiger partial charge in [-0.05, 0) is 39.5 Å². The van der Waals surface area contributed by atoms with Crippen LogP contribution in [0.15, 0.2) is 23.3 Å². The Morgan fingerprint density at radius 2 is 1.00 bits per heavy atom. The Morgan fingerprint density at radius 1 is 0.741 bits per heavy atom. The molecule has 9 heteroatoms. The number of aliphatic carboxylic acids is 2. The minimum absolute atomic E-state index is 0.459. The molecule has 0 aliphatic carbocycles. The molecule has 0 bridgehead atoms. The van der Waals surface area contributed by atoms with Crippen LogP contribution in [0.1, 0.15) is 79.1 Å². The molecule has 0 saturated carbocycles. The van der Waals surface area contributed by atoms with Crippen molar-refractivity contribution < 1.29 is 39.0 Å². The summed E-state index contributed by atoms with van der Waals surface area (Å²) in [4.78, 5) is 42.2. The van der Waals surface area contributed by atoms with Crippen LogP contribution in [-0.4, -0.2) is 36.8 Å². The number of carboxylic acid groups (broad SMARTS) is 2. The van der Waals surface area contributed by atoms with Crippen molar-refractivity contribution in [2.45, 2.75) is 79.1 Å². The van der Waals surface area contributed by atoms with Crippen LogP contribution in [0.25, 0.3) is 0 Å². The molecule has 0 aliphatic heterocycles. The number of carbonyl (C=O) groups is 2. The van der Waals surface area contributed by atoms with Gasteiger partial charge < -0.3 is 24.9 Å². The van der Waals surface area contributed by atoms with E-state index in [1.807, 2.05) is 0 Å². The van der Waals surface area contributed by atoms with Gasteiger partial charge in [0.1, 0.15) is 0 Å². The number of hydrogen-bond donors (Lipinski definition) is 5. The van der Waals surface area contributed by atoms with Crippen molar-refractivity contribution in [3.05, 3.63) is 23.3 Å². The first-order valence-corrected chi connectivity index (χ1v) is 10.5. The molecule has 0 aromatic heterocycles. The molecule has 0 saturated heterocycles. The van der Waals surface area contributed by atoms with E-state index in [-0.39, 0.29) is 0 Å². The molecule has 0 spiro atoms. The highest BCUT2D eigenvalue weighted by molar-refractivity contribution is 7.45. The highest BCUT2D eigenvalue weighted by atomic mass is 31.2. The average Bonchev–Trinajstić information content (AvgIpc) is 2.54. The van der Waals surface area contributed by atoms with Gasteiger partial charge in [0, 0.05) is 11.1 Å². The van der Waals surface area contributed by atoms with Crippen LogP contribution in [-0.2, 0) is 14.2 Å². The van der Waals surface area contributed by atoms with Gasteiger partial charge in [-0.25, -0.2) is 14.2 Å². The van der Waals surface area contributed by atoms with Gasteiger partial charge in [-0.15, -0.1) is 0 Å². The molecule has 0 aromatic carbocycles. The highest BCUT2D eigenvalue weighted by Crippen LogP contribution is 2.25. The van der Waals surface area contributed by atoms with Crippen molar-refractivity contribution in [3.8, 4) is 0 Å². The first-order chi connectivity index (χ1) is 12.4. The van der Waals surface area contributed by atoms with Crippen LogP contribution in [0.5, 0.6) is 0 Å².